The summed E-state index contributed by atoms with van der Waals surface area (Å²) in [5, 5.41) is 14.3. The minimum Gasteiger partial charge on any atom is -0.497 e. The van der Waals surface area contributed by atoms with Crippen LogP contribution >= 0.6 is 0 Å². The molecule has 0 spiro atoms. The lowest BCUT2D eigenvalue weighted by atomic mass is 9.88. The molecule has 0 aliphatic rings. The number of anilines is 1. The number of hydrogen-bond acceptors (Lipinski definition) is 4. The normalized spacial score (nSPS) is 12.6. The first-order valence-corrected chi connectivity index (χ1v) is 8.40. The van der Waals surface area contributed by atoms with Gasteiger partial charge in [-0.1, -0.05) is 12.1 Å². The number of rotatable bonds is 7. The van der Waals surface area contributed by atoms with Crippen molar-refractivity contribution in [3.63, 3.8) is 0 Å². The van der Waals surface area contributed by atoms with Crippen molar-refractivity contribution in [1.82, 2.24) is 5.32 Å². The van der Waals surface area contributed by atoms with Gasteiger partial charge in [-0.05, 0) is 42.8 Å². The summed E-state index contributed by atoms with van der Waals surface area (Å²) in [6, 6.07) is 10.2. The zero-order valence-electron chi connectivity index (χ0n) is 15.7. The van der Waals surface area contributed by atoms with E-state index in [0.29, 0.717) is 11.3 Å². The smallest absolute Gasteiger partial charge is 0.306 e. The molecular weight excluding hydrogens is 367 g/mol. The highest BCUT2D eigenvalue weighted by Crippen LogP contribution is 2.28. The molecule has 7 nitrogen and oxygen atoms in total. The Kier molecular flexibility index (Phi) is 6.35. The van der Waals surface area contributed by atoms with Crippen LogP contribution in [0.2, 0.25) is 0 Å². The lowest BCUT2D eigenvalue weighted by molar-refractivity contribution is -0.138. The van der Waals surface area contributed by atoms with Crippen LogP contribution in [-0.2, 0) is 15.1 Å². The van der Waals surface area contributed by atoms with Gasteiger partial charge in [0.25, 0.3) is 5.91 Å². The maximum absolute atomic E-state index is 13.8. The summed E-state index contributed by atoms with van der Waals surface area (Å²) in [4.78, 5) is 35.3. The molecule has 0 aliphatic heterocycles. The number of carboxylic acids is 1. The quantitative estimate of drug-likeness (QED) is 0.676. The molecule has 0 aromatic heterocycles. The fraction of sp³-hybridized carbons (Fsp3) is 0.250. The molecule has 8 heteroatoms. The molecular formula is C20H21FN2O5. The molecule has 2 rings (SSSR count). The standard InChI is InChI=1S/C20H21FN2O5/c1-12(24)22-17-9-13(7-8-16(17)21)19(27)23-20(2,11-18(25)26)14-5-4-6-15(10-14)28-3/h4-10H,11H2,1-3H3,(H,22,24)(H,23,27)(H,25,26). The fourth-order valence-electron chi connectivity index (χ4n) is 2.76. The van der Waals surface area contributed by atoms with Gasteiger partial charge in [0.05, 0.1) is 24.8 Å². The summed E-state index contributed by atoms with van der Waals surface area (Å²) in [6.07, 6.45) is -0.383. The monoisotopic (exact) mass is 388 g/mol. The van der Waals surface area contributed by atoms with Gasteiger partial charge >= 0.3 is 5.97 Å². The zero-order valence-corrected chi connectivity index (χ0v) is 15.7. The number of nitrogens with one attached hydrogen (secondary N) is 2. The molecule has 0 aliphatic carbocycles. The second kappa shape index (κ2) is 8.51. The van der Waals surface area contributed by atoms with Gasteiger partial charge in [-0.25, -0.2) is 4.39 Å². The van der Waals surface area contributed by atoms with Crippen LogP contribution in [0, 0.1) is 5.82 Å². The van der Waals surface area contributed by atoms with Crippen molar-refractivity contribution in [3.8, 4) is 5.75 Å². The van der Waals surface area contributed by atoms with Crippen LogP contribution in [-0.4, -0.2) is 30.0 Å². The average molecular weight is 388 g/mol. The minimum absolute atomic E-state index is 0.0738. The third-order valence-corrected chi connectivity index (χ3v) is 4.14. The number of hydrogen-bond donors (Lipinski definition) is 3. The molecule has 0 saturated heterocycles. The molecule has 3 N–H and O–H groups in total. The largest absolute Gasteiger partial charge is 0.497 e. The topological polar surface area (TPSA) is 105 Å². The van der Waals surface area contributed by atoms with Gasteiger partial charge in [0.2, 0.25) is 5.91 Å². The van der Waals surface area contributed by atoms with E-state index < -0.39 is 29.1 Å². The highest BCUT2D eigenvalue weighted by molar-refractivity contribution is 5.97. The summed E-state index contributed by atoms with van der Waals surface area (Å²) in [5.41, 5.74) is -0.780. The number of aliphatic carboxylic acids is 1. The van der Waals surface area contributed by atoms with Crippen molar-refractivity contribution in [2.75, 3.05) is 12.4 Å². The van der Waals surface area contributed by atoms with Crippen LogP contribution in [0.15, 0.2) is 42.5 Å². The number of carboxylic acid groups (broad SMARTS) is 1. The lowest BCUT2D eigenvalue weighted by Gasteiger charge is -2.30. The Bertz CT molecular complexity index is 915. The van der Waals surface area contributed by atoms with Crippen LogP contribution in [0.5, 0.6) is 5.75 Å². The second-order valence-corrected chi connectivity index (χ2v) is 6.46. The first-order valence-electron chi connectivity index (χ1n) is 8.40. The van der Waals surface area contributed by atoms with Crippen LogP contribution < -0.4 is 15.4 Å². The van der Waals surface area contributed by atoms with Crippen LogP contribution in [0.4, 0.5) is 10.1 Å². The van der Waals surface area contributed by atoms with E-state index in [9.17, 15) is 23.9 Å². The predicted octanol–water partition coefficient (Wildman–Crippen LogP) is 2.91. The predicted molar refractivity (Wildman–Crippen MR) is 101 cm³/mol. The van der Waals surface area contributed by atoms with E-state index in [1.807, 2.05) is 0 Å². The highest BCUT2D eigenvalue weighted by Gasteiger charge is 2.32. The van der Waals surface area contributed by atoms with Gasteiger partial charge in [0, 0.05) is 12.5 Å². The Morgan fingerprint density at radius 3 is 2.50 bits per heavy atom. The molecule has 0 fully saturated rings. The van der Waals surface area contributed by atoms with Gasteiger partial charge in [0.15, 0.2) is 0 Å². The third kappa shape index (κ3) is 5.06. The molecule has 0 saturated carbocycles. The Hall–Kier alpha value is -3.42. The van der Waals surface area contributed by atoms with Gasteiger partial charge in [-0.2, -0.15) is 0 Å². The summed E-state index contributed by atoms with van der Waals surface area (Å²) in [6.45, 7) is 2.80. The molecule has 0 heterocycles. The average Bonchev–Trinajstić information content (AvgIpc) is 2.62. The number of ether oxygens (including phenoxy) is 1. The molecule has 1 atom stereocenters. The van der Waals surface area contributed by atoms with Gasteiger partial charge < -0.3 is 20.5 Å². The third-order valence-electron chi connectivity index (χ3n) is 4.14. The van der Waals surface area contributed by atoms with E-state index in [1.165, 1.54) is 26.2 Å². The first-order chi connectivity index (χ1) is 13.1. The molecule has 2 aromatic rings. The van der Waals surface area contributed by atoms with Crippen LogP contribution in [0.1, 0.15) is 36.2 Å². The van der Waals surface area contributed by atoms with Crippen molar-refractivity contribution in [3.05, 3.63) is 59.4 Å². The number of carbonyl (C=O) groups excluding carboxylic acids is 2. The Balaban J connectivity index is 2.37. The lowest BCUT2D eigenvalue weighted by Crippen LogP contribution is -2.45. The molecule has 0 radical (unpaired) electrons. The number of halogens is 1. The number of methoxy groups -OCH3 is 1. The fourth-order valence-corrected chi connectivity index (χ4v) is 2.76. The molecule has 148 valence electrons. The van der Waals surface area contributed by atoms with Crippen LogP contribution in [0.25, 0.3) is 0 Å². The molecule has 1 unspecified atom stereocenters. The number of carbonyl (C=O) groups is 3. The van der Waals surface area contributed by atoms with Crippen molar-refractivity contribution in [2.45, 2.75) is 25.8 Å². The van der Waals surface area contributed by atoms with Gasteiger partial charge in [-0.3, -0.25) is 14.4 Å². The van der Waals surface area contributed by atoms with E-state index in [2.05, 4.69) is 10.6 Å². The van der Waals surface area contributed by atoms with E-state index >= 15 is 0 Å². The number of amides is 2. The SMILES string of the molecule is COc1cccc(C(C)(CC(=O)O)NC(=O)c2ccc(F)c(NC(C)=O)c2)c1. The Morgan fingerprint density at radius 1 is 1.18 bits per heavy atom. The van der Waals surface area contributed by atoms with E-state index in [-0.39, 0.29) is 17.7 Å². The molecule has 2 aromatic carbocycles. The summed E-state index contributed by atoms with van der Waals surface area (Å²) in [5.74, 6) is -2.38. The van der Waals surface area contributed by atoms with Crippen molar-refractivity contribution in [1.29, 1.82) is 0 Å². The molecule has 0 bridgehead atoms. The highest BCUT2D eigenvalue weighted by atomic mass is 19.1. The van der Waals surface area contributed by atoms with Crippen molar-refractivity contribution < 1.29 is 28.6 Å². The molecule has 2 amide bonds. The summed E-state index contributed by atoms with van der Waals surface area (Å²) >= 11 is 0. The Morgan fingerprint density at radius 2 is 1.89 bits per heavy atom. The van der Waals surface area contributed by atoms with Gasteiger partial charge in [-0.15, -0.1) is 0 Å². The first kappa shape index (κ1) is 20.9. The van der Waals surface area contributed by atoms with Gasteiger partial charge in [0.1, 0.15) is 11.6 Å². The van der Waals surface area contributed by atoms with E-state index in [0.717, 1.165) is 6.07 Å². The van der Waals surface area contributed by atoms with Crippen LogP contribution in [0.3, 0.4) is 0 Å². The zero-order chi connectivity index (χ0) is 20.9. The summed E-state index contributed by atoms with van der Waals surface area (Å²) < 4.78 is 19.0. The van der Waals surface area contributed by atoms with Crippen molar-refractivity contribution in [2.24, 2.45) is 0 Å². The maximum Gasteiger partial charge on any atom is 0.306 e. The molecule has 28 heavy (non-hydrogen) atoms. The minimum atomic E-state index is -1.25. The summed E-state index contributed by atoms with van der Waals surface area (Å²) in [7, 11) is 1.48. The van der Waals surface area contributed by atoms with E-state index in [4.69, 9.17) is 4.74 Å². The van der Waals surface area contributed by atoms with Crippen molar-refractivity contribution >= 4 is 23.5 Å². The maximum atomic E-state index is 13.8. The Labute approximate surface area is 161 Å². The van der Waals surface area contributed by atoms with E-state index in [1.54, 1.807) is 31.2 Å². The second-order valence-electron chi connectivity index (χ2n) is 6.46. The number of benzene rings is 2.